The Hall–Kier alpha value is -2.70. The van der Waals surface area contributed by atoms with Gasteiger partial charge in [0.05, 0.1) is 6.42 Å². The van der Waals surface area contributed by atoms with Gasteiger partial charge in [-0.2, -0.15) is 5.10 Å². The highest BCUT2D eigenvalue weighted by atomic mass is 19.1. The minimum atomic E-state index is -0.953. The van der Waals surface area contributed by atoms with Gasteiger partial charge in [0.25, 0.3) is 5.91 Å². The molecule has 1 N–H and O–H groups in total. The molecule has 0 fully saturated rings. The van der Waals surface area contributed by atoms with Crippen LogP contribution < -0.4 is 0 Å². The number of amides is 1. The largest absolute Gasteiger partial charge is 0.481 e. The molecule has 0 spiro atoms. The molecule has 1 heterocycles. The predicted octanol–water partition coefficient (Wildman–Crippen LogP) is 3.13. The summed E-state index contributed by atoms with van der Waals surface area (Å²) in [5.74, 6) is -1.63. The Morgan fingerprint density at radius 3 is 2.70 bits per heavy atom. The number of aromatic nitrogens is 2. The molecular formula is C20H24FN3O3. The first-order valence-corrected chi connectivity index (χ1v) is 9.19. The van der Waals surface area contributed by atoms with Crippen molar-refractivity contribution in [3.8, 4) is 5.69 Å². The maximum Gasteiger partial charge on any atom is 0.305 e. The minimum Gasteiger partial charge on any atom is -0.481 e. The van der Waals surface area contributed by atoms with Crippen molar-refractivity contribution < 1.29 is 19.1 Å². The van der Waals surface area contributed by atoms with Crippen LogP contribution in [0.2, 0.25) is 0 Å². The first kappa shape index (κ1) is 19.1. The number of rotatable bonds is 6. The van der Waals surface area contributed by atoms with Crippen LogP contribution in [-0.2, 0) is 17.6 Å². The molecule has 0 atom stereocenters. The summed E-state index contributed by atoms with van der Waals surface area (Å²) >= 11 is 0. The normalized spacial score (nSPS) is 13.1. The lowest BCUT2D eigenvalue weighted by Crippen LogP contribution is -2.39. The van der Waals surface area contributed by atoms with Crippen molar-refractivity contribution in [1.82, 2.24) is 14.7 Å². The number of carboxylic acids is 1. The Morgan fingerprint density at radius 1 is 1.33 bits per heavy atom. The lowest BCUT2D eigenvalue weighted by atomic mass is 10.1. The zero-order valence-electron chi connectivity index (χ0n) is 15.8. The van der Waals surface area contributed by atoms with Crippen LogP contribution in [-0.4, -0.2) is 44.3 Å². The van der Waals surface area contributed by atoms with E-state index in [1.807, 2.05) is 26.8 Å². The van der Waals surface area contributed by atoms with E-state index in [9.17, 15) is 14.0 Å². The molecule has 6 nitrogen and oxygen atoms in total. The van der Waals surface area contributed by atoms with Crippen LogP contribution >= 0.6 is 0 Å². The summed E-state index contributed by atoms with van der Waals surface area (Å²) < 4.78 is 16.0. The third-order valence-corrected chi connectivity index (χ3v) is 4.91. The van der Waals surface area contributed by atoms with Gasteiger partial charge in [0.2, 0.25) is 0 Å². The summed E-state index contributed by atoms with van der Waals surface area (Å²) in [6.07, 6.45) is 2.21. The van der Waals surface area contributed by atoms with Crippen molar-refractivity contribution >= 4 is 11.9 Å². The smallest absolute Gasteiger partial charge is 0.305 e. The number of aliphatic carboxylic acids is 1. The van der Waals surface area contributed by atoms with Gasteiger partial charge in [-0.15, -0.1) is 0 Å². The van der Waals surface area contributed by atoms with Gasteiger partial charge < -0.3 is 10.0 Å². The molecule has 0 aliphatic heterocycles. The van der Waals surface area contributed by atoms with Crippen LogP contribution in [0.3, 0.4) is 0 Å². The molecule has 1 aliphatic carbocycles. The summed E-state index contributed by atoms with van der Waals surface area (Å²) in [6.45, 7) is 5.62. The quantitative estimate of drug-likeness (QED) is 0.844. The molecular weight excluding hydrogens is 349 g/mol. The number of aryl methyl sites for hydroxylation is 1. The molecule has 1 aliphatic rings. The molecule has 0 unspecified atom stereocenters. The number of halogens is 1. The molecule has 2 aromatic rings. The molecule has 0 bridgehead atoms. The molecule has 1 aromatic heterocycles. The lowest BCUT2D eigenvalue weighted by Gasteiger charge is -2.25. The first-order valence-electron chi connectivity index (χ1n) is 9.19. The molecule has 144 valence electrons. The van der Waals surface area contributed by atoms with E-state index in [0.29, 0.717) is 11.4 Å². The number of fused-ring (bicyclic) bond motifs is 1. The number of benzene rings is 1. The van der Waals surface area contributed by atoms with E-state index in [2.05, 4.69) is 5.10 Å². The zero-order valence-corrected chi connectivity index (χ0v) is 15.8. The fraction of sp³-hybridized carbons (Fsp3) is 0.450. The number of carbonyl (C=O) groups is 2. The SMILES string of the molecule is Cc1ccc(-n2nc(C(=O)N(CCC(=O)O)C(C)C)c3c2CCC3)c(F)c1. The Morgan fingerprint density at radius 2 is 2.07 bits per heavy atom. The number of hydrogen-bond acceptors (Lipinski definition) is 3. The molecule has 27 heavy (non-hydrogen) atoms. The first-order chi connectivity index (χ1) is 12.8. The van der Waals surface area contributed by atoms with Gasteiger partial charge in [0.15, 0.2) is 5.69 Å². The van der Waals surface area contributed by atoms with Crippen LogP contribution in [0.15, 0.2) is 18.2 Å². The molecule has 0 saturated heterocycles. The second-order valence-electron chi connectivity index (χ2n) is 7.23. The van der Waals surface area contributed by atoms with Gasteiger partial charge in [-0.3, -0.25) is 9.59 Å². The lowest BCUT2D eigenvalue weighted by molar-refractivity contribution is -0.137. The highest BCUT2D eigenvalue weighted by Gasteiger charge is 2.31. The number of nitrogens with zero attached hydrogens (tertiary/aromatic N) is 3. The molecule has 7 heteroatoms. The van der Waals surface area contributed by atoms with Crippen LogP contribution in [0.1, 0.15) is 54.0 Å². The highest BCUT2D eigenvalue weighted by molar-refractivity contribution is 5.94. The number of carboxylic acid groups (broad SMARTS) is 1. The number of hydrogen-bond donors (Lipinski definition) is 1. The Labute approximate surface area is 157 Å². The summed E-state index contributed by atoms with van der Waals surface area (Å²) in [4.78, 5) is 25.6. The molecule has 3 rings (SSSR count). The van der Waals surface area contributed by atoms with Gasteiger partial charge in [-0.1, -0.05) is 6.07 Å². The summed E-state index contributed by atoms with van der Waals surface area (Å²) in [7, 11) is 0. The average Bonchev–Trinajstić information content (AvgIpc) is 3.17. The standard InChI is InChI=1S/C20H24FN3O3/c1-12(2)23(10-9-18(25)26)20(27)19-14-5-4-6-16(14)24(22-19)17-8-7-13(3)11-15(17)21/h7-8,11-12H,4-6,9-10H2,1-3H3,(H,25,26). The maximum atomic E-state index is 14.5. The number of carbonyl (C=O) groups excluding carboxylic acids is 1. The Balaban J connectivity index is 2.01. The zero-order chi connectivity index (χ0) is 19.7. The van der Waals surface area contributed by atoms with Crippen LogP contribution in [0.5, 0.6) is 0 Å². The van der Waals surface area contributed by atoms with Crippen molar-refractivity contribution in [2.75, 3.05) is 6.54 Å². The van der Waals surface area contributed by atoms with E-state index in [4.69, 9.17) is 5.11 Å². The molecule has 0 saturated carbocycles. The van der Waals surface area contributed by atoms with Crippen molar-refractivity contribution in [2.24, 2.45) is 0 Å². The van der Waals surface area contributed by atoms with E-state index in [1.165, 1.54) is 11.0 Å². The fourth-order valence-electron chi connectivity index (χ4n) is 3.54. The van der Waals surface area contributed by atoms with E-state index in [1.54, 1.807) is 10.7 Å². The van der Waals surface area contributed by atoms with Gasteiger partial charge in [0.1, 0.15) is 11.5 Å². The minimum absolute atomic E-state index is 0.117. The summed E-state index contributed by atoms with van der Waals surface area (Å²) in [6, 6.07) is 4.79. The van der Waals surface area contributed by atoms with E-state index in [0.717, 1.165) is 36.1 Å². The van der Waals surface area contributed by atoms with Crippen molar-refractivity contribution in [1.29, 1.82) is 0 Å². The van der Waals surface area contributed by atoms with E-state index >= 15 is 0 Å². The molecule has 0 radical (unpaired) electrons. The third-order valence-electron chi connectivity index (χ3n) is 4.91. The summed E-state index contributed by atoms with van der Waals surface area (Å²) in [5.41, 5.74) is 3.17. The summed E-state index contributed by atoms with van der Waals surface area (Å²) in [5, 5.41) is 13.4. The highest BCUT2D eigenvalue weighted by Crippen LogP contribution is 2.30. The van der Waals surface area contributed by atoms with Gasteiger partial charge in [-0.05, 0) is 57.7 Å². The fourth-order valence-corrected chi connectivity index (χ4v) is 3.54. The van der Waals surface area contributed by atoms with Crippen molar-refractivity contribution in [2.45, 2.75) is 52.5 Å². The monoisotopic (exact) mass is 373 g/mol. The van der Waals surface area contributed by atoms with E-state index in [-0.39, 0.29) is 30.7 Å². The van der Waals surface area contributed by atoms with Gasteiger partial charge in [0, 0.05) is 23.8 Å². The van der Waals surface area contributed by atoms with Crippen molar-refractivity contribution in [3.63, 3.8) is 0 Å². The Kier molecular flexibility index (Phi) is 5.30. The van der Waals surface area contributed by atoms with Crippen LogP contribution in [0.4, 0.5) is 4.39 Å². The van der Waals surface area contributed by atoms with Crippen molar-refractivity contribution in [3.05, 3.63) is 46.5 Å². The maximum absolute atomic E-state index is 14.5. The molecule has 1 aromatic carbocycles. The van der Waals surface area contributed by atoms with Crippen LogP contribution in [0, 0.1) is 12.7 Å². The van der Waals surface area contributed by atoms with E-state index < -0.39 is 5.97 Å². The molecule has 1 amide bonds. The van der Waals surface area contributed by atoms with Crippen LogP contribution in [0.25, 0.3) is 5.69 Å². The second kappa shape index (κ2) is 7.50. The van der Waals surface area contributed by atoms with Gasteiger partial charge >= 0.3 is 5.97 Å². The average molecular weight is 373 g/mol. The topological polar surface area (TPSA) is 75.4 Å². The van der Waals surface area contributed by atoms with Gasteiger partial charge in [-0.25, -0.2) is 9.07 Å². The predicted molar refractivity (Wildman–Crippen MR) is 98.7 cm³/mol. The third kappa shape index (κ3) is 3.72. The Bertz CT molecular complexity index is 889. The second-order valence-corrected chi connectivity index (χ2v) is 7.23.